The summed E-state index contributed by atoms with van der Waals surface area (Å²) < 4.78 is 7.17. The van der Waals surface area contributed by atoms with Crippen LogP contribution in [0.5, 0.6) is 0 Å². The molecule has 0 N–H and O–H groups in total. The predicted octanol–water partition coefficient (Wildman–Crippen LogP) is 12.6. The van der Waals surface area contributed by atoms with Crippen molar-refractivity contribution in [3.63, 3.8) is 0 Å². The first kappa shape index (κ1) is 29.0. The maximum absolute atomic E-state index is 5.34. The fourth-order valence-electron chi connectivity index (χ4n) is 9.55. The number of aromatic nitrogens is 5. The van der Waals surface area contributed by atoms with E-state index in [1.54, 1.807) is 0 Å². The summed E-state index contributed by atoms with van der Waals surface area (Å²) in [5.41, 5.74) is 12.3. The zero-order valence-corrected chi connectivity index (χ0v) is 29.5. The fourth-order valence-corrected chi connectivity index (χ4v) is 9.55. The van der Waals surface area contributed by atoms with E-state index in [-0.39, 0.29) is 0 Å². The molecule has 0 fully saturated rings. The van der Waals surface area contributed by atoms with E-state index in [9.17, 15) is 0 Å². The van der Waals surface area contributed by atoms with Crippen molar-refractivity contribution in [1.82, 2.24) is 23.5 Å². The van der Waals surface area contributed by atoms with Crippen LogP contribution in [0.25, 0.3) is 116 Å². The molecule has 5 nitrogen and oxygen atoms in total. The molecule has 0 aliphatic carbocycles. The molecule has 55 heavy (non-hydrogen) atoms. The van der Waals surface area contributed by atoms with Gasteiger partial charge in [0.2, 0.25) is 5.95 Å². The van der Waals surface area contributed by atoms with Crippen molar-refractivity contribution >= 4 is 92.6 Å². The zero-order chi connectivity index (χ0) is 35.8. The number of para-hydroxylation sites is 5. The molecular formula is C50H29N5. The second-order valence-electron chi connectivity index (χ2n) is 14.6. The summed E-state index contributed by atoms with van der Waals surface area (Å²) in [5, 5.41) is 11.0. The summed E-state index contributed by atoms with van der Waals surface area (Å²) in [6.45, 7) is 0. The second kappa shape index (κ2) is 10.6. The maximum atomic E-state index is 5.34. The monoisotopic (exact) mass is 699 g/mol. The Morgan fingerprint density at radius 1 is 0.345 bits per heavy atom. The van der Waals surface area contributed by atoms with Crippen LogP contribution in [-0.4, -0.2) is 23.5 Å². The Kier molecular flexibility index (Phi) is 5.57. The predicted molar refractivity (Wildman–Crippen MR) is 228 cm³/mol. The van der Waals surface area contributed by atoms with E-state index in [1.165, 1.54) is 70.7 Å². The van der Waals surface area contributed by atoms with Crippen molar-refractivity contribution in [2.24, 2.45) is 0 Å². The smallest absolute Gasteiger partial charge is 0.235 e. The SMILES string of the molecule is c1ccc(-c2nc(-n3c4ccccc4c4c5c6ccccc6n(-c6ccc7c8cccc9c%10ccccc%10n(c7c6)c98)c5ccc43)nc3ccccc23)cc1. The Hall–Kier alpha value is -7.50. The molecule has 5 heteroatoms. The summed E-state index contributed by atoms with van der Waals surface area (Å²) in [4.78, 5) is 10.6. The van der Waals surface area contributed by atoms with Gasteiger partial charge in [0.25, 0.3) is 0 Å². The number of hydrogen-bond donors (Lipinski definition) is 0. The molecule has 0 saturated heterocycles. The molecule has 13 rings (SSSR count). The molecule has 0 unspecified atom stereocenters. The van der Waals surface area contributed by atoms with Gasteiger partial charge in [0.05, 0.1) is 49.8 Å². The Labute approximate surface area is 313 Å². The molecule has 5 aromatic heterocycles. The van der Waals surface area contributed by atoms with Gasteiger partial charge in [-0.2, -0.15) is 0 Å². The van der Waals surface area contributed by atoms with Gasteiger partial charge >= 0.3 is 0 Å². The number of fused-ring (bicyclic) bond motifs is 14. The van der Waals surface area contributed by atoms with Gasteiger partial charge in [-0.3, -0.25) is 4.57 Å². The lowest BCUT2D eigenvalue weighted by Crippen LogP contribution is -2.03. The lowest BCUT2D eigenvalue weighted by molar-refractivity contribution is 1.01. The highest BCUT2D eigenvalue weighted by Crippen LogP contribution is 2.44. The van der Waals surface area contributed by atoms with Crippen LogP contribution in [-0.2, 0) is 0 Å². The zero-order valence-electron chi connectivity index (χ0n) is 29.5. The van der Waals surface area contributed by atoms with Gasteiger partial charge in [-0.05, 0) is 48.5 Å². The molecule has 5 heterocycles. The van der Waals surface area contributed by atoms with Crippen molar-refractivity contribution < 1.29 is 0 Å². The normalized spacial score (nSPS) is 12.4. The van der Waals surface area contributed by atoms with Crippen molar-refractivity contribution in [2.45, 2.75) is 0 Å². The highest BCUT2D eigenvalue weighted by molar-refractivity contribution is 6.29. The quantitative estimate of drug-likeness (QED) is 0.184. The summed E-state index contributed by atoms with van der Waals surface area (Å²) in [7, 11) is 0. The molecule has 0 bridgehead atoms. The number of nitrogens with zero attached hydrogens (tertiary/aromatic N) is 5. The molecule has 0 spiro atoms. The molecule has 8 aromatic carbocycles. The lowest BCUT2D eigenvalue weighted by Gasteiger charge is -2.12. The molecule has 0 aliphatic heterocycles. The van der Waals surface area contributed by atoms with E-state index in [2.05, 4.69) is 183 Å². The number of benzene rings is 8. The highest BCUT2D eigenvalue weighted by Gasteiger charge is 2.23. The maximum Gasteiger partial charge on any atom is 0.235 e. The molecule has 0 saturated carbocycles. The molecule has 0 aliphatic rings. The standard InChI is InChI=1S/C50H29N5/c1-2-13-30(14-3-1)48-36-16-4-8-21-39(36)51-50(52-48)55-42-24-11-7-18-38(42)47-44(55)28-27-43-46(47)37-17-6-10-23-41(37)53(43)31-25-26-33-35-20-12-19-34-32-15-5-9-22-40(32)54(49(34)35)45(33)29-31/h1-29H. The average molecular weight is 700 g/mol. The summed E-state index contributed by atoms with van der Waals surface area (Å²) in [5.74, 6) is 0.662. The van der Waals surface area contributed by atoms with Gasteiger partial charge in [-0.25, -0.2) is 9.97 Å². The van der Waals surface area contributed by atoms with E-state index < -0.39 is 0 Å². The fraction of sp³-hybridized carbons (Fsp3) is 0. The van der Waals surface area contributed by atoms with Crippen LogP contribution in [0.3, 0.4) is 0 Å². The van der Waals surface area contributed by atoms with Gasteiger partial charge in [-0.15, -0.1) is 0 Å². The van der Waals surface area contributed by atoms with Gasteiger partial charge < -0.3 is 8.97 Å². The Bertz CT molecular complexity index is 3720. The minimum Gasteiger partial charge on any atom is -0.309 e. The summed E-state index contributed by atoms with van der Waals surface area (Å²) >= 11 is 0. The minimum atomic E-state index is 0.662. The highest BCUT2D eigenvalue weighted by atomic mass is 15.2. The van der Waals surface area contributed by atoms with Crippen LogP contribution in [0.2, 0.25) is 0 Å². The first-order valence-electron chi connectivity index (χ1n) is 18.8. The summed E-state index contributed by atoms with van der Waals surface area (Å²) in [6.07, 6.45) is 0. The molecule has 0 amide bonds. The van der Waals surface area contributed by atoms with Crippen LogP contribution in [0, 0.1) is 0 Å². The topological polar surface area (TPSA) is 40.0 Å². The third kappa shape index (κ3) is 3.76. The van der Waals surface area contributed by atoms with E-state index in [0.717, 1.165) is 38.9 Å². The largest absolute Gasteiger partial charge is 0.309 e. The van der Waals surface area contributed by atoms with E-state index in [1.807, 2.05) is 6.07 Å². The van der Waals surface area contributed by atoms with Gasteiger partial charge in [0.1, 0.15) is 0 Å². The first-order chi connectivity index (χ1) is 27.3. The Balaban J connectivity index is 1.13. The minimum absolute atomic E-state index is 0.662. The van der Waals surface area contributed by atoms with Gasteiger partial charge in [0.15, 0.2) is 0 Å². The Morgan fingerprint density at radius 3 is 1.65 bits per heavy atom. The lowest BCUT2D eigenvalue weighted by atomic mass is 10.1. The number of rotatable bonds is 3. The van der Waals surface area contributed by atoms with Crippen LogP contribution in [0.4, 0.5) is 0 Å². The summed E-state index contributed by atoms with van der Waals surface area (Å²) in [6, 6.07) is 63.3. The van der Waals surface area contributed by atoms with Crippen molar-refractivity contribution in [2.75, 3.05) is 0 Å². The van der Waals surface area contributed by atoms with Crippen LogP contribution in [0.15, 0.2) is 176 Å². The van der Waals surface area contributed by atoms with Crippen molar-refractivity contribution in [1.29, 1.82) is 0 Å². The molecular weight excluding hydrogens is 671 g/mol. The Morgan fingerprint density at radius 2 is 0.909 bits per heavy atom. The molecule has 0 atom stereocenters. The second-order valence-corrected chi connectivity index (χ2v) is 14.6. The van der Waals surface area contributed by atoms with Crippen LogP contribution in [0.1, 0.15) is 0 Å². The molecule has 254 valence electrons. The first-order valence-corrected chi connectivity index (χ1v) is 18.8. The van der Waals surface area contributed by atoms with E-state index in [4.69, 9.17) is 9.97 Å². The average Bonchev–Trinajstić information content (AvgIpc) is 3.98. The van der Waals surface area contributed by atoms with E-state index in [0.29, 0.717) is 5.95 Å². The van der Waals surface area contributed by atoms with Gasteiger partial charge in [0, 0.05) is 59.7 Å². The molecule has 13 aromatic rings. The third-order valence-corrected chi connectivity index (χ3v) is 11.8. The third-order valence-electron chi connectivity index (χ3n) is 11.8. The van der Waals surface area contributed by atoms with Crippen molar-refractivity contribution in [3.8, 4) is 22.9 Å². The van der Waals surface area contributed by atoms with Crippen LogP contribution >= 0.6 is 0 Å². The van der Waals surface area contributed by atoms with Gasteiger partial charge in [-0.1, -0.05) is 127 Å². The number of hydrogen-bond acceptors (Lipinski definition) is 2. The van der Waals surface area contributed by atoms with Crippen LogP contribution < -0.4 is 0 Å². The molecule has 0 radical (unpaired) electrons. The van der Waals surface area contributed by atoms with Crippen molar-refractivity contribution in [3.05, 3.63) is 176 Å². The van der Waals surface area contributed by atoms with E-state index >= 15 is 0 Å².